The number of hydrogen-bond donors (Lipinski definition) is 0. The molecule has 0 amide bonds. The summed E-state index contributed by atoms with van der Waals surface area (Å²) in [4.78, 5) is 2.46. The first kappa shape index (κ1) is 34.0. The Hall–Kier alpha value is -7.94. The molecule has 0 atom stereocenters. The van der Waals surface area contributed by atoms with E-state index in [1.165, 1.54) is 66.4 Å². The van der Waals surface area contributed by atoms with Gasteiger partial charge in [0.2, 0.25) is 0 Å². The van der Waals surface area contributed by atoms with E-state index in [1.807, 2.05) is 12.1 Å². The number of furan rings is 1. The Labute approximate surface area is 354 Å². The van der Waals surface area contributed by atoms with E-state index in [0.29, 0.717) is 0 Å². The largest absolute Gasteiger partial charge is 0.456 e. The summed E-state index contributed by atoms with van der Waals surface area (Å²) >= 11 is 0. The number of benzene rings is 10. The highest BCUT2D eigenvalue weighted by Gasteiger charge is 2.51. The van der Waals surface area contributed by atoms with Crippen molar-refractivity contribution in [2.24, 2.45) is 0 Å². The molecular formula is C59H37NO. The Balaban J connectivity index is 1.05. The summed E-state index contributed by atoms with van der Waals surface area (Å²) < 4.78 is 6.29. The van der Waals surface area contributed by atoms with Crippen molar-refractivity contribution in [2.75, 3.05) is 4.90 Å². The summed E-state index contributed by atoms with van der Waals surface area (Å²) in [6.45, 7) is 0. The summed E-state index contributed by atoms with van der Waals surface area (Å²) in [7, 11) is 0. The molecular weight excluding hydrogens is 739 g/mol. The van der Waals surface area contributed by atoms with Crippen LogP contribution in [0.4, 0.5) is 17.1 Å². The molecule has 284 valence electrons. The third kappa shape index (κ3) is 4.85. The highest BCUT2D eigenvalue weighted by molar-refractivity contribution is 6.07. The number of anilines is 3. The molecule has 2 heteroatoms. The molecule has 1 aromatic heterocycles. The third-order valence-electron chi connectivity index (χ3n) is 13.3. The number of fused-ring (bicyclic) bond motifs is 14. The molecule has 2 aliphatic carbocycles. The number of para-hydroxylation sites is 2. The van der Waals surface area contributed by atoms with Crippen molar-refractivity contribution in [3.05, 3.63) is 247 Å². The van der Waals surface area contributed by atoms with Gasteiger partial charge in [-0.05, 0) is 121 Å². The van der Waals surface area contributed by atoms with Crippen LogP contribution in [0.1, 0.15) is 22.3 Å². The summed E-state index contributed by atoms with van der Waals surface area (Å²) in [6.07, 6.45) is 0. The smallest absolute Gasteiger partial charge is 0.135 e. The standard InChI is InChI=1S/C59H37NO/c1-2-16-43-38(14-1)15-13-22-44(43)39-28-31-41(32-29-39)60(56-26-11-6-17-45(56)40-30-35-58-51(36-40)50-21-7-12-27-57(50)61-58)42-33-34-49-48-20-5-10-25-54(48)59(55(49)37-42)52-23-8-3-18-46(52)47-19-4-9-24-53(47)59/h1-37H. The highest BCUT2D eigenvalue weighted by atomic mass is 16.3. The zero-order chi connectivity index (χ0) is 40.1. The van der Waals surface area contributed by atoms with Gasteiger partial charge < -0.3 is 9.32 Å². The normalized spacial score (nSPS) is 13.0. The minimum Gasteiger partial charge on any atom is -0.456 e. The fourth-order valence-corrected chi connectivity index (χ4v) is 10.7. The lowest BCUT2D eigenvalue weighted by atomic mass is 9.70. The van der Waals surface area contributed by atoms with Crippen LogP contribution in [0.3, 0.4) is 0 Å². The van der Waals surface area contributed by atoms with Crippen molar-refractivity contribution in [1.82, 2.24) is 0 Å². The molecule has 0 saturated carbocycles. The zero-order valence-electron chi connectivity index (χ0n) is 33.2. The average molecular weight is 776 g/mol. The summed E-state index contributed by atoms with van der Waals surface area (Å²) in [5, 5.41) is 4.73. The fraction of sp³-hybridized carbons (Fsp3) is 0.0169. The van der Waals surface area contributed by atoms with Gasteiger partial charge >= 0.3 is 0 Å². The molecule has 1 heterocycles. The average Bonchev–Trinajstić information content (AvgIpc) is 3.96. The molecule has 2 nitrogen and oxygen atoms in total. The lowest BCUT2D eigenvalue weighted by molar-refractivity contribution is 0.669. The molecule has 1 spiro atoms. The van der Waals surface area contributed by atoms with E-state index in [2.05, 4.69) is 217 Å². The molecule has 0 radical (unpaired) electrons. The van der Waals surface area contributed by atoms with Gasteiger partial charge in [-0.3, -0.25) is 0 Å². The van der Waals surface area contributed by atoms with Gasteiger partial charge in [-0.2, -0.15) is 0 Å². The van der Waals surface area contributed by atoms with Gasteiger partial charge in [0.15, 0.2) is 0 Å². The third-order valence-corrected chi connectivity index (χ3v) is 13.3. The molecule has 0 bridgehead atoms. The maximum atomic E-state index is 6.29. The number of hydrogen-bond acceptors (Lipinski definition) is 2. The van der Waals surface area contributed by atoms with Crippen molar-refractivity contribution in [1.29, 1.82) is 0 Å². The first-order valence-electron chi connectivity index (χ1n) is 21.1. The molecule has 0 N–H and O–H groups in total. The van der Waals surface area contributed by atoms with Crippen molar-refractivity contribution >= 4 is 49.8 Å². The predicted molar refractivity (Wildman–Crippen MR) is 253 cm³/mol. The van der Waals surface area contributed by atoms with Crippen LogP contribution < -0.4 is 4.90 Å². The number of nitrogens with zero attached hydrogens (tertiary/aromatic N) is 1. The van der Waals surface area contributed by atoms with Gasteiger partial charge in [0, 0.05) is 27.7 Å². The molecule has 0 saturated heterocycles. The summed E-state index contributed by atoms with van der Waals surface area (Å²) in [6, 6.07) is 82.4. The number of rotatable bonds is 5. The first-order valence-corrected chi connectivity index (χ1v) is 21.1. The topological polar surface area (TPSA) is 16.4 Å². The van der Waals surface area contributed by atoms with Gasteiger partial charge in [0.05, 0.1) is 11.1 Å². The van der Waals surface area contributed by atoms with E-state index < -0.39 is 5.41 Å². The van der Waals surface area contributed by atoms with Crippen molar-refractivity contribution < 1.29 is 4.42 Å². The second kappa shape index (κ2) is 13.0. The van der Waals surface area contributed by atoms with E-state index in [0.717, 1.165) is 50.1 Å². The van der Waals surface area contributed by atoms with Crippen LogP contribution >= 0.6 is 0 Å². The Bertz CT molecular complexity index is 3490. The lowest BCUT2D eigenvalue weighted by Crippen LogP contribution is -2.26. The Kier molecular flexibility index (Phi) is 7.26. The lowest BCUT2D eigenvalue weighted by Gasteiger charge is -2.32. The summed E-state index contributed by atoms with van der Waals surface area (Å²) in [5.41, 5.74) is 19.8. The Morgan fingerprint density at radius 2 is 0.836 bits per heavy atom. The SMILES string of the molecule is c1ccc(N(c2ccc(-c3cccc4ccccc34)cc2)c2ccc3c(c2)C2(c4ccccc4-c4ccccc42)c2ccccc2-3)c(-c2ccc3oc4ccccc4c3c2)c1. The molecule has 0 unspecified atom stereocenters. The van der Waals surface area contributed by atoms with Crippen LogP contribution in [0.2, 0.25) is 0 Å². The molecule has 11 aromatic rings. The van der Waals surface area contributed by atoms with Gasteiger partial charge in [0.25, 0.3) is 0 Å². The maximum Gasteiger partial charge on any atom is 0.135 e. The van der Waals surface area contributed by atoms with Crippen LogP contribution in [0.5, 0.6) is 0 Å². The Morgan fingerprint density at radius 1 is 0.311 bits per heavy atom. The molecule has 13 rings (SSSR count). The van der Waals surface area contributed by atoms with E-state index in [-0.39, 0.29) is 0 Å². The van der Waals surface area contributed by atoms with Crippen LogP contribution in [0, 0.1) is 0 Å². The monoisotopic (exact) mass is 775 g/mol. The van der Waals surface area contributed by atoms with Crippen LogP contribution in [-0.4, -0.2) is 0 Å². The van der Waals surface area contributed by atoms with E-state index in [1.54, 1.807) is 0 Å². The van der Waals surface area contributed by atoms with E-state index in [9.17, 15) is 0 Å². The van der Waals surface area contributed by atoms with Crippen LogP contribution in [0.15, 0.2) is 229 Å². The first-order chi connectivity index (χ1) is 30.3. The Morgan fingerprint density at radius 3 is 1.57 bits per heavy atom. The second-order valence-electron chi connectivity index (χ2n) is 16.4. The zero-order valence-corrected chi connectivity index (χ0v) is 33.2. The molecule has 0 aliphatic heterocycles. The quantitative estimate of drug-likeness (QED) is 0.173. The van der Waals surface area contributed by atoms with Crippen molar-refractivity contribution in [2.45, 2.75) is 5.41 Å². The molecule has 2 aliphatic rings. The van der Waals surface area contributed by atoms with E-state index in [4.69, 9.17) is 4.42 Å². The van der Waals surface area contributed by atoms with Crippen molar-refractivity contribution in [3.8, 4) is 44.5 Å². The molecule has 0 fully saturated rings. The fourth-order valence-electron chi connectivity index (χ4n) is 10.7. The second-order valence-corrected chi connectivity index (χ2v) is 16.4. The maximum absolute atomic E-state index is 6.29. The molecule has 61 heavy (non-hydrogen) atoms. The minimum atomic E-state index is -0.452. The minimum absolute atomic E-state index is 0.452. The van der Waals surface area contributed by atoms with Gasteiger partial charge in [0.1, 0.15) is 11.2 Å². The van der Waals surface area contributed by atoms with E-state index >= 15 is 0 Å². The van der Waals surface area contributed by atoms with Crippen LogP contribution in [0.25, 0.3) is 77.2 Å². The van der Waals surface area contributed by atoms with Crippen molar-refractivity contribution in [3.63, 3.8) is 0 Å². The summed E-state index contributed by atoms with van der Waals surface area (Å²) in [5.74, 6) is 0. The van der Waals surface area contributed by atoms with Gasteiger partial charge in [-0.25, -0.2) is 0 Å². The highest BCUT2D eigenvalue weighted by Crippen LogP contribution is 2.63. The molecule has 10 aromatic carbocycles. The van der Waals surface area contributed by atoms with Gasteiger partial charge in [-0.1, -0.05) is 176 Å². The van der Waals surface area contributed by atoms with Crippen LogP contribution in [-0.2, 0) is 5.41 Å². The van der Waals surface area contributed by atoms with Gasteiger partial charge in [-0.15, -0.1) is 0 Å². The predicted octanol–water partition coefficient (Wildman–Crippen LogP) is 15.9.